The van der Waals surface area contributed by atoms with Gasteiger partial charge in [0, 0.05) is 31.3 Å². The van der Waals surface area contributed by atoms with Crippen molar-refractivity contribution >= 4 is 16.9 Å². The second-order valence-corrected chi connectivity index (χ2v) is 6.39. The Hall–Kier alpha value is -1.73. The molecule has 124 valence electrons. The summed E-state index contributed by atoms with van der Waals surface area (Å²) in [5.41, 5.74) is 1.47. The van der Waals surface area contributed by atoms with Gasteiger partial charge in [0.25, 0.3) is 5.71 Å². The third kappa shape index (κ3) is 2.30. The first-order valence-electron chi connectivity index (χ1n) is 8.27. The number of rotatable bonds is 4. The Morgan fingerprint density at radius 2 is 2.17 bits per heavy atom. The fourth-order valence-corrected chi connectivity index (χ4v) is 4.00. The summed E-state index contributed by atoms with van der Waals surface area (Å²) in [4.78, 5) is 8.55. The molecule has 2 atom stereocenters. The third-order valence-corrected chi connectivity index (χ3v) is 5.33. The van der Waals surface area contributed by atoms with E-state index in [2.05, 4.69) is 27.4 Å². The Kier molecular flexibility index (Phi) is 3.69. The topological polar surface area (TPSA) is 82.3 Å². The van der Waals surface area contributed by atoms with Crippen molar-refractivity contribution in [2.45, 2.75) is 45.3 Å². The summed E-state index contributed by atoms with van der Waals surface area (Å²) in [7, 11) is 0. The van der Waals surface area contributed by atoms with Gasteiger partial charge in [-0.05, 0) is 33.1 Å². The lowest BCUT2D eigenvalue weighted by molar-refractivity contribution is -0.159. The maximum Gasteiger partial charge on any atom is 0.263 e. The van der Waals surface area contributed by atoms with Crippen LogP contribution in [-0.2, 0) is 9.47 Å². The van der Waals surface area contributed by atoms with Crippen molar-refractivity contribution in [3.05, 3.63) is 12.0 Å². The molecular weight excluding hydrogens is 296 g/mol. The van der Waals surface area contributed by atoms with Crippen LogP contribution in [0, 0.1) is 12.3 Å². The van der Waals surface area contributed by atoms with Crippen molar-refractivity contribution in [2.24, 2.45) is 5.41 Å². The maximum absolute atomic E-state index is 5.98. The number of ether oxygens (including phenoxy) is 2. The molecule has 2 aliphatic rings. The Morgan fingerprint density at radius 3 is 2.96 bits per heavy atom. The predicted molar refractivity (Wildman–Crippen MR) is 84.3 cm³/mol. The van der Waals surface area contributed by atoms with Gasteiger partial charge in [-0.3, -0.25) is 0 Å². The molecule has 1 spiro atoms. The van der Waals surface area contributed by atoms with Crippen LogP contribution in [0.1, 0.15) is 31.9 Å². The van der Waals surface area contributed by atoms with Crippen LogP contribution >= 0.6 is 0 Å². The number of hydrogen-bond acceptors (Lipinski definition) is 7. The van der Waals surface area contributed by atoms with E-state index in [0.717, 1.165) is 56.0 Å². The predicted octanol–water partition coefficient (Wildman–Crippen LogP) is 2.31. The second kappa shape index (κ2) is 5.72. The van der Waals surface area contributed by atoms with Crippen LogP contribution in [0.4, 0.5) is 5.82 Å². The first kappa shape index (κ1) is 14.8. The van der Waals surface area contributed by atoms with E-state index in [4.69, 9.17) is 14.0 Å². The summed E-state index contributed by atoms with van der Waals surface area (Å²) in [6.45, 7) is 6.32. The summed E-state index contributed by atoms with van der Waals surface area (Å²) >= 11 is 0. The van der Waals surface area contributed by atoms with E-state index < -0.39 is 0 Å². The van der Waals surface area contributed by atoms with Crippen LogP contribution < -0.4 is 5.32 Å². The van der Waals surface area contributed by atoms with Gasteiger partial charge < -0.3 is 19.3 Å². The number of aromatic nitrogens is 3. The molecule has 4 rings (SSSR count). The van der Waals surface area contributed by atoms with Gasteiger partial charge in [0.1, 0.15) is 17.5 Å². The fourth-order valence-electron chi connectivity index (χ4n) is 4.00. The first-order chi connectivity index (χ1) is 11.2. The molecule has 0 amide bonds. The Bertz CT molecular complexity index is 696. The summed E-state index contributed by atoms with van der Waals surface area (Å²) in [6, 6.07) is 0.329. The highest BCUT2D eigenvalue weighted by Gasteiger charge is 2.56. The average molecular weight is 318 g/mol. The van der Waals surface area contributed by atoms with Crippen molar-refractivity contribution in [3.8, 4) is 0 Å². The SMILES string of the molecule is CCO[C@H]1C[C@H](Nc2ncnc3onc(C)c23)C12CCOCC2. The number of fused-ring (bicyclic) bond motifs is 1. The first-order valence-corrected chi connectivity index (χ1v) is 8.27. The summed E-state index contributed by atoms with van der Waals surface area (Å²) in [5.74, 6) is 0.805. The molecule has 0 aromatic carbocycles. The Labute approximate surface area is 134 Å². The zero-order valence-corrected chi connectivity index (χ0v) is 13.5. The van der Waals surface area contributed by atoms with Crippen molar-refractivity contribution in [3.63, 3.8) is 0 Å². The van der Waals surface area contributed by atoms with Crippen LogP contribution in [-0.4, -0.2) is 47.1 Å². The van der Waals surface area contributed by atoms with E-state index in [9.17, 15) is 0 Å². The van der Waals surface area contributed by atoms with E-state index in [1.54, 1.807) is 0 Å². The minimum atomic E-state index is 0.136. The molecule has 1 saturated carbocycles. The van der Waals surface area contributed by atoms with E-state index in [0.29, 0.717) is 17.9 Å². The van der Waals surface area contributed by atoms with Crippen LogP contribution in [0.2, 0.25) is 0 Å². The van der Waals surface area contributed by atoms with Gasteiger partial charge >= 0.3 is 0 Å². The highest BCUT2D eigenvalue weighted by molar-refractivity contribution is 5.87. The number of hydrogen-bond donors (Lipinski definition) is 1. The molecule has 7 heteroatoms. The van der Waals surface area contributed by atoms with Crippen molar-refractivity contribution in [1.82, 2.24) is 15.1 Å². The zero-order valence-electron chi connectivity index (χ0n) is 13.5. The van der Waals surface area contributed by atoms with Gasteiger partial charge in [0.15, 0.2) is 0 Å². The number of anilines is 1. The van der Waals surface area contributed by atoms with Gasteiger partial charge in [-0.25, -0.2) is 4.98 Å². The molecule has 0 unspecified atom stereocenters. The highest BCUT2D eigenvalue weighted by atomic mass is 16.5. The van der Waals surface area contributed by atoms with E-state index in [1.165, 1.54) is 6.33 Å². The van der Waals surface area contributed by atoms with Gasteiger partial charge in [-0.1, -0.05) is 5.16 Å². The summed E-state index contributed by atoms with van der Waals surface area (Å²) < 4.78 is 16.8. The highest BCUT2D eigenvalue weighted by Crippen LogP contribution is 2.52. The van der Waals surface area contributed by atoms with Crippen LogP contribution in [0.5, 0.6) is 0 Å². The van der Waals surface area contributed by atoms with Gasteiger partial charge in [-0.2, -0.15) is 4.98 Å². The molecule has 2 aromatic heterocycles. The molecule has 1 N–H and O–H groups in total. The van der Waals surface area contributed by atoms with E-state index in [1.807, 2.05) is 6.92 Å². The molecule has 1 saturated heterocycles. The fraction of sp³-hybridized carbons (Fsp3) is 0.688. The monoisotopic (exact) mass is 318 g/mol. The normalized spacial score (nSPS) is 26.3. The molecule has 0 bridgehead atoms. The number of aryl methyl sites for hydroxylation is 1. The second-order valence-electron chi connectivity index (χ2n) is 6.39. The molecule has 23 heavy (non-hydrogen) atoms. The average Bonchev–Trinajstić information content (AvgIpc) is 2.97. The quantitative estimate of drug-likeness (QED) is 0.926. The lowest BCUT2D eigenvalue weighted by Crippen LogP contribution is -2.63. The lowest BCUT2D eigenvalue weighted by atomic mass is 9.57. The van der Waals surface area contributed by atoms with Crippen molar-refractivity contribution < 1.29 is 14.0 Å². The molecule has 2 aromatic rings. The van der Waals surface area contributed by atoms with E-state index >= 15 is 0 Å². The summed E-state index contributed by atoms with van der Waals surface area (Å²) in [6.07, 6.45) is 4.85. The number of nitrogens with zero attached hydrogens (tertiary/aromatic N) is 3. The largest absolute Gasteiger partial charge is 0.381 e. The smallest absolute Gasteiger partial charge is 0.263 e. The molecule has 1 aliphatic heterocycles. The van der Waals surface area contributed by atoms with Crippen molar-refractivity contribution in [2.75, 3.05) is 25.1 Å². The van der Waals surface area contributed by atoms with Crippen LogP contribution in [0.25, 0.3) is 11.1 Å². The van der Waals surface area contributed by atoms with Gasteiger partial charge in [-0.15, -0.1) is 0 Å². The molecule has 1 aliphatic carbocycles. The van der Waals surface area contributed by atoms with Gasteiger partial charge in [0.2, 0.25) is 0 Å². The molecule has 2 fully saturated rings. The molecule has 3 heterocycles. The van der Waals surface area contributed by atoms with E-state index in [-0.39, 0.29) is 5.41 Å². The standard InChI is InChI=1S/C16H22N4O3/c1-3-22-12-8-11(16(12)4-6-21-7-5-16)19-14-13-10(2)20-23-15(13)18-9-17-14/h9,11-12H,3-8H2,1-2H3,(H,17,18,19)/t11-,12-/m0/s1. The molecule has 7 nitrogen and oxygen atoms in total. The Morgan fingerprint density at radius 1 is 1.35 bits per heavy atom. The van der Waals surface area contributed by atoms with Crippen molar-refractivity contribution in [1.29, 1.82) is 0 Å². The van der Waals surface area contributed by atoms with Crippen LogP contribution in [0.3, 0.4) is 0 Å². The summed E-state index contributed by atoms with van der Waals surface area (Å²) in [5, 5.41) is 8.47. The molecule has 0 radical (unpaired) electrons. The zero-order chi connectivity index (χ0) is 15.9. The molecular formula is C16H22N4O3. The minimum Gasteiger partial charge on any atom is -0.381 e. The van der Waals surface area contributed by atoms with Gasteiger partial charge in [0.05, 0.1) is 11.8 Å². The lowest BCUT2D eigenvalue weighted by Gasteiger charge is -2.57. The maximum atomic E-state index is 5.98. The minimum absolute atomic E-state index is 0.136. The number of nitrogens with one attached hydrogen (secondary N) is 1. The Balaban J connectivity index is 1.61. The van der Waals surface area contributed by atoms with Crippen LogP contribution in [0.15, 0.2) is 10.9 Å². The third-order valence-electron chi connectivity index (χ3n) is 5.33.